The predicted octanol–water partition coefficient (Wildman–Crippen LogP) is 4.10. The lowest BCUT2D eigenvalue weighted by Crippen LogP contribution is -2.32. The van der Waals surface area contributed by atoms with Gasteiger partial charge in [0.15, 0.2) is 10.2 Å². The van der Waals surface area contributed by atoms with Gasteiger partial charge in [-0.05, 0) is 55.5 Å². The summed E-state index contributed by atoms with van der Waals surface area (Å²) in [4.78, 5) is 7.58. The first-order chi connectivity index (χ1) is 13.7. The normalized spacial score (nSPS) is 19.1. The fourth-order valence-electron chi connectivity index (χ4n) is 3.33. The Bertz CT molecular complexity index is 944. The van der Waals surface area contributed by atoms with Crippen molar-refractivity contribution in [3.63, 3.8) is 0 Å². The molecule has 0 saturated carbocycles. The molecule has 3 aromatic rings. The maximum Gasteiger partial charge on any atom is 0.170 e. The average Bonchev–Trinajstić information content (AvgIpc) is 3.29. The minimum absolute atomic E-state index is 0.0128. The SMILES string of the molecule is Cc1ccc(Sc2ccc([C@H]3[C@H](c4ccccn4)NC(=S)N3CCO)o2)cc1. The Labute approximate surface area is 173 Å². The van der Waals surface area contributed by atoms with Crippen LogP contribution in [0.1, 0.15) is 29.1 Å². The van der Waals surface area contributed by atoms with E-state index in [0.717, 1.165) is 21.4 Å². The number of thiocarbonyl (C=S) groups is 1. The Balaban J connectivity index is 1.63. The van der Waals surface area contributed by atoms with E-state index in [0.29, 0.717) is 11.7 Å². The van der Waals surface area contributed by atoms with Gasteiger partial charge >= 0.3 is 0 Å². The molecule has 4 rings (SSSR count). The Morgan fingerprint density at radius 2 is 2.00 bits per heavy atom. The summed E-state index contributed by atoms with van der Waals surface area (Å²) < 4.78 is 6.19. The van der Waals surface area contributed by atoms with Gasteiger partial charge in [-0.15, -0.1) is 0 Å². The molecular formula is C21H21N3O2S2. The van der Waals surface area contributed by atoms with E-state index in [2.05, 4.69) is 41.5 Å². The van der Waals surface area contributed by atoms with Crippen LogP contribution in [0, 0.1) is 6.92 Å². The molecule has 1 saturated heterocycles. The van der Waals surface area contributed by atoms with Crippen molar-refractivity contribution in [2.75, 3.05) is 13.2 Å². The van der Waals surface area contributed by atoms with Crippen molar-refractivity contribution in [1.29, 1.82) is 0 Å². The molecule has 2 aromatic heterocycles. The molecule has 2 N–H and O–H groups in total. The number of pyridine rings is 1. The highest BCUT2D eigenvalue weighted by atomic mass is 32.2. The Morgan fingerprint density at radius 1 is 1.18 bits per heavy atom. The summed E-state index contributed by atoms with van der Waals surface area (Å²) in [6.07, 6.45) is 1.77. The van der Waals surface area contributed by atoms with Crippen LogP contribution in [0.15, 0.2) is 75.2 Å². The molecule has 1 aliphatic heterocycles. The van der Waals surface area contributed by atoms with E-state index in [1.807, 2.05) is 35.2 Å². The smallest absolute Gasteiger partial charge is 0.170 e. The summed E-state index contributed by atoms with van der Waals surface area (Å²) in [6.45, 7) is 2.52. The van der Waals surface area contributed by atoms with Crippen LogP contribution in [0.3, 0.4) is 0 Å². The number of aromatic nitrogens is 1. The minimum Gasteiger partial charge on any atom is -0.452 e. The molecule has 0 bridgehead atoms. The van der Waals surface area contributed by atoms with Gasteiger partial charge in [0, 0.05) is 17.6 Å². The lowest BCUT2D eigenvalue weighted by molar-refractivity contribution is 0.204. The second-order valence-corrected chi connectivity index (χ2v) is 8.08. The van der Waals surface area contributed by atoms with Crippen molar-refractivity contribution in [3.05, 3.63) is 77.8 Å². The molecule has 144 valence electrons. The van der Waals surface area contributed by atoms with Crippen LogP contribution in [0.2, 0.25) is 0 Å². The number of rotatable bonds is 6. The van der Waals surface area contributed by atoms with Crippen molar-refractivity contribution in [3.8, 4) is 0 Å². The van der Waals surface area contributed by atoms with Gasteiger partial charge in [-0.3, -0.25) is 4.98 Å². The van der Waals surface area contributed by atoms with Gasteiger partial charge < -0.3 is 19.7 Å². The van der Waals surface area contributed by atoms with Crippen LogP contribution in [0.25, 0.3) is 0 Å². The summed E-state index contributed by atoms with van der Waals surface area (Å²) in [5.74, 6) is 0.797. The zero-order valence-corrected chi connectivity index (χ0v) is 17.0. The number of benzene rings is 1. The van der Waals surface area contributed by atoms with Crippen molar-refractivity contribution >= 4 is 29.1 Å². The third-order valence-corrected chi connectivity index (χ3v) is 5.95. The molecule has 0 spiro atoms. The zero-order valence-electron chi connectivity index (χ0n) is 15.4. The lowest BCUT2D eigenvalue weighted by atomic mass is 10.0. The van der Waals surface area contributed by atoms with Crippen LogP contribution in [0.4, 0.5) is 0 Å². The highest BCUT2D eigenvalue weighted by Gasteiger charge is 2.41. The molecule has 1 aliphatic rings. The van der Waals surface area contributed by atoms with Crippen LogP contribution in [-0.2, 0) is 0 Å². The highest BCUT2D eigenvalue weighted by molar-refractivity contribution is 7.99. The quantitative estimate of drug-likeness (QED) is 0.592. The first kappa shape index (κ1) is 19.0. The van der Waals surface area contributed by atoms with Gasteiger partial charge in [0.25, 0.3) is 0 Å². The number of hydrogen-bond donors (Lipinski definition) is 2. The molecule has 7 heteroatoms. The topological polar surface area (TPSA) is 61.5 Å². The summed E-state index contributed by atoms with van der Waals surface area (Å²) >= 11 is 7.10. The number of nitrogens with zero attached hydrogens (tertiary/aromatic N) is 2. The third-order valence-electron chi connectivity index (χ3n) is 4.67. The number of aliphatic hydroxyl groups excluding tert-OH is 1. The number of nitrogens with one attached hydrogen (secondary N) is 1. The first-order valence-corrected chi connectivity index (χ1v) is 10.3. The first-order valence-electron chi connectivity index (χ1n) is 9.09. The van der Waals surface area contributed by atoms with Crippen molar-refractivity contribution in [1.82, 2.24) is 15.2 Å². The fraction of sp³-hybridized carbons (Fsp3) is 0.238. The van der Waals surface area contributed by atoms with Gasteiger partial charge in [0.1, 0.15) is 11.8 Å². The van der Waals surface area contributed by atoms with Crippen molar-refractivity contribution in [2.45, 2.75) is 29.0 Å². The molecule has 28 heavy (non-hydrogen) atoms. The fourth-order valence-corrected chi connectivity index (χ4v) is 4.44. The predicted molar refractivity (Wildman–Crippen MR) is 113 cm³/mol. The standard InChI is InChI=1S/C21H21N3O2S2/c1-14-5-7-15(8-6-14)28-18-10-9-17(26-18)20-19(16-4-2-3-11-22-16)23-21(27)24(20)12-13-25/h2-11,19-20,25H,12-13H2,1H3,(H,23,27)/t19-,20-/m0/s1. The van der Waals surface area contributed by atoms with Crippen molar-refractivity contribution in [2.24, 2.45) is 0 Å². The van der Waals surface area contributed by atoms with Crippen LogP contribution >= 0.6 is 24.0 Å². The van der Waals surface area contributed by atoms with Crippen LogP contribution in [-0.4, -0.2) is 33.3 Å². The number of aliphatic hydroxyl groups is 1. The second kappa shape index (κ2) is 8.34. The van der Waals surface area contributed by atoms with Crippen LogP contribution < -0.4 is 5.32 Å². The monoisotopic (exact) mass is 411 g/mol. The summed E-state index contributed by atoms with van der Waals surface area (Å²) in [5, 5.41) is 14.3. The molecular weight excluding hydrogens is 390 g/mol. The van der Waals surface area contributed by atoms with Gasteiger partial charge in [0.05, 0.1) is 18.3 Å². The third kappa shape index (κ3) is 3.92. The van der Waals surface area contributed by atoms with E-state index in [4.69, 9.17) is 16.6 Å². The molecule has 1 aromatic carbocycles. The Hall–Kier alpha value is -2.35. The van der Waals surface area contributed by atoms with E-state index >= 15 is 0 Å². The molecule has 5 nitrogen and oxygen atoms in total. The number of aryl methyl sites for hydroxylation is 1. The average molecular weight is 412 g/mol. The summed E-state index contributed by atoms with van der Waals surface area (Å²) in [5.41, 5.74) is 2.12. The maximum atomic E-state index is 9.51. The molecule has 0 aliphatic carbocycles. The molecule has 0 radical (unpaired) electrons. The maximum absolute atomic E-state index is 9.51. The van der Waals surface area contributed by atoms with E-state index in [-0.39, 0.29) is 18.7 Å². The number of furan rings is 1. The van der Waals surface area contributed by atoms with Gasteiger partial charge in [-0.2, -0.15) is 0 Å². The zero-order chi connectivity index (χ0) is 19.5. The molecule has 2 atom stereocenters. The lowest BCUT2D eigenvalue weighted by Gasteiger charge is -2.25. The highest BCUT2D eigenvalue weighted by Crippen LogP contribution is 2.40. The van der Waals surface area contributed by atoms with Crippen LogP contribution in [0.5, 0.6) is 0 Å². The number of β-amino-alcohol motifs (C(OH)–C–C–N with tert-alkyl or cyclic N) is 1. The van der Waals surface area contributed by atoms with E-state index in [9.17, 15) is 5.11 Å². The van der Waals surface area contributed by atoms with E-state index in [1.165, 1.54) is 5.56 Å². The summed E-state index contributed by atoms with van der Waals surface area (Å²) in [6, 6.07) is 17.8. The van der Waals surface area contributed by atoms with Gasteiger partial charge in [0.2, 0.25) is 0 Å². The molecule has 1 fully saturated rings. The van der Waals surface area contributed by atoms with E-state index in [1.54, 1.807) is 18.0 Å². The number of hydrogen-bond acceptors (Lipinski definition) is 5. The van der Waals surface area contributed by atoms with Crippen molar-refractivity contribution < 1.29 is 9.52 Å². The minimum atomic E-state index is -0.165. The molecule has 3 heterocycles. The largest absolute Gasteiger partial charge is 0.452 e. The Kier molecular flexibility index (Phi) is 5.66. The Morgan fingerprint density at radius 3 is 2.71 bits per heavy atom. The second-order valence-electron chi connectivity index (χ2n) is 6.62. The van der Waals surface area contributed by atoms with E-state index < -0.39 is 0 Å². The molecule has 0 amide bonds. The summed E-state index contributed by atoms with van der Waals surface area (Å²) in [7, 11) is 0. The van der Waals surface area contributed by atoms with Gasteiger partial charge in [-0.25, -0.2) is 0 Å². The van der Waals surface area contributed by atoms with Gasteiger partial charge in [-0.1, -0.05) is 35.5 Å². The molecule has 0 unspecified atom stereocenters.